The first-order valence-electron chi connectivity index (χ1n) is 5.70. The van der Waals surface area contributed by atoms with Gasteiger partial charge in [0.15, 0.2) is 12.0 Å². The van der Waals surface area contributed by atoms with Crippen LogP contribution >= 0.6 is 0 Å². The van der Waals surface area contributed by atoms with E-state index in [0.717, 1.165) is 25.7 Å². The number of hydrogen-bond donors (Lipinski definition) is 0. The minimum atomic E-state index is -3.57. The molecule has 1 fully saturated rings. The highest BCUT2D eigenvalue weighted by atomic mass is 32.2. The van der Waals surface area contributed by atoms with Crippen molar-refractivity contribution in [1.29, 1.82) is 0 Å². The molecule has 1 aromatic heterocycles. The quantitative estimate of drug-likeness (QED) is 0.772. The van der Waals surface area contributed by atoms with Crippen molar-refractivity contribution in [3.8, 4) is 0 Å². The van der Waals surface area contributed by atoms with Crippen LogP contribution in [0.1, 0.15) is 36.2 Å². The van der Waals surface area contributed by atoms with Crippen LogP contribution in [0.25, 0.3) is 0 Å². The van der Waals surface area contributed by atoms with Crippen LogP contribution in [0.3, 0.4) is 0 Å². The van der Waals surface area contributed by atoms with Crippen LogP contribution in [-0.4, -0.2) is 32.1 Å². The second-order valence-corrected chi connectivity index (χ2v) is 5.96. The fraction of sp³-hybridized carbons (Fsp3) is 0.545. The summed E-state index contributed by atoms with van der Waals surface area (Å²) in [6, 6.07) is 2.71. The predicted molar refractivity (Wildman–Crippen MR) is 61.3 cm³/mol. The van der Waals surface area contributed by atoms with E-state index in [1.165, 1.54) is 16.4 Å². The molecule has 0 radical (unpaired) electrons. The van der Waals surface area contributed by atoms with Crippen LogP contribution < -0.4 is 0 Å². The Morgan fingerprint density at radius 2 is 1.76 bits per heavy atom. The second kappa shape index (κ2) is 5.01. The molecular weight excluding hydrogens is 242 g/mol. The molecule has 1 saturated heterocycles. The lowest BCUT2D eigenvalue weighted by Crippen LogP contribution is -2.31. The summed E-state index contributed by atoms with van der Waals surface area (Å²) < 4.78 is 30.8. The number of aldehydes is 1. The molecule has 1 aliphatic rings. The highest BCUT2D eigenvalue weighted by Gasteiger charge is 2.28. The molecule has 0 spiro atoms. The second-order valence-electron chi connectivity index (χ2n) is 4.09. The molecule has 0 aliphatic carbocycles. The van der Waals surface area contributed by atoms with Crippen molar-refractivity contribution >= 4 is 16.3 Å². The van der Waals surface area contributed by atoms with Gasteiger partial charge in [-0.2, -0.15) is 4.31 Å². The Kier molecular flexibility index (Phi) is 3.63. The summed E-state index contributed by atoms with van der Waals surface area (Å²) in [5, 5.41) is -0.137. The van der Waals surface area contributed by atoms with E-state index in [1.807, 2.05) is 0 Å². The Bertz CT molecular complexity index is 483. The summed E-state index contributed by atoms with van der Waals surface area (Å²) in [6.45, 7) is 1.05. The van der Waals surface area contributed by atoms with E-state index in [1.54, 1.807) is 0 Å². The van der Waals surface area contributed by atoms with Crippen molar-refractivity contribution in [3.05, 3.63) is 17.9 Å². The smallest absolute Gasteiger partial charge is 0.276 e. The molecule has 0 N–H and O–H groups in total. The molecule has 0 amide bonds. The van der Waals surface area contributed by atoms with Crippen LogP contribution in [0.5, 0.6) is 0 Å². The summed E-state index contributed by atoms with van der Waals surface area (Å²) in [4.78, 5) is 10.5. The Labute approximate surface area is 100 Å². The minimum Gasteiger partial charge on any atom is -0.440 e. The van der Waals surface area contributed by atoms with Crippen LogP contribution in [0.15, 0.2) is 21.6 Å². The van der Waals surface area contributed by atoms with Gasteiger partial charge in [-0.1, -0.05) is 12.8 Å². The number of carbonyl (C=O) groups is 1. The average Bonchev–Trinajstić information content (AvgIpc) is 2.64. The summed E-state index contributed by atoms with van der Waals surface area (Å²) >= 11 is 0. The van der Waals surface area contributed by atoms with Gasteiger partial charge < -0.3 is 4.42 Å². The third-order valence-corrected chi connectivity index (χ3v) is 4.65. The molecular formula is C11H15NO4S. The van der Waals surface area contributed by atoms with Gasteiger partial charge in [-0.15, -0.1) is 0 Å². The topological polar surface area (TPSA) is 67.6 Å². The Morgan fingerprint density at radius 3 is 2.29 bits per heavy atom. The van der Waals surface area contributed by atoms with Crippen molar-refractivity contribution in [2.75, 3.05) is 13.1 Å². The molecule has 0 aromatic carbocycles. The van der Waals surface area contributed by atoms with Crippen molar-refractivity contribution in [3.63, 3.8) is 0 Å². The summed E-state index contributed by atoms with van der Waals surface area (Å²) in [7, 11) is -3.57. The molecule has 2 rings (SSSR count). The standard InChI is InChI=1S/C11H15NO4S/c13-9-10-5-6-11(16-10)17(14,15)12-7-3-1-2-4-8-12/h5-6,9H,1-4,7-8H2. The lowest BCUT2D eigenvalue weighted by Gasteiger charge is -2.17. The molecule has 0 unspecified atom stereocenters. The molecule has 1 aromatic rings. The van der Waals surface area contributed by atoms with Gasteiger partial charge in [0.25, 0.3) is 10.0 Å². The number of furan rings is 1. The number of carbonyl (C=O) groups excluding carboxylic acids is 1. The third-order valence-electron chi connectivity index (χ3n) is 2.88. The molecule has 2 heterocycles. The van der Waals surface area contributed by atoms with Crippen molar-refractivity contribution in [2.45, 2.75) is 30.8 Å². The third kappa shape index (κ3) is 2.58. The lowest BCUT2D eigenvalue weighted by atomic mass is 10.2. The molecule has 1 aliphatic heterocycles. The zero-order valence-electron chi connectivity index (χ0n) is 9.46. The molecule has 0 bridgehead atoms. The van der Waals surface area contributed by atoms with Gasteiger partial charge in [-0.25, -0.2) is 8.42 Å². The first-order chi connectivity index (χ1) is 8.14. The van der Waals surface area contributed by atoms with E-state index >= 15 is 0 Å². The lowest BCUT2D eigenvalue weighted by molar-refractivity contribution is 0.109. The van der Waals surface area contributed by atoms with Crippen molar-refractivity contribution in [1.82, 2.24) is 4.31 Å². The van der Waals surface area contributed by atoms with Gasteiger partial charge in [0.2, 0.25) is 5.09 Å². The molecule has 5 nitrogen and oxygen atoms in total. The fourth-order valence-electron chi connectivity index (χ4n) is 1.95. The molecule has 0 atom stereocenters. The zero-order chi connectivity index (χ0) is 12.3. The average molecular weight is 257 g/mol. The summed E-state index contributed by atoms with van der Waals surface area (Å²) in [6.07, 6.45) is 4.37. The van der Waals surface area contributed by atoms with Gasteiger partial charge in [0, 0.05) is 13.1 Å². The SMILES string of the molecule is O=Cc1ccc(S(=O)(=O)N2CCCCCC2)o1. The minimum absolute atomic E-state index is 0.0402. The Morgan fingerprint density at radius 1 is 1.12 bits per heavy atom. The van der Waals surface area contributed by atoms with Crippen LogP contribution in [-0.2, 0) is 10.0 Å². The van der Waals surface area contributed by atoms with Gasteiger partial charge in [0.05, 0.1) is 0 Å². The molecule has 0 saturated carbocycles. The van der Waals surface area contributed by atoms with Crippen LogP contribution in [0, 0.1) is 0 Å². The number of nitrogens with zero attached hydrogens (tertiary/aromatic N) is 1. The van der Waals surface area contributed by atoms with Crippen LogP contribution in [0.2, 0.25) is 0 Å². The maximum absolute atomic E-state index is 12.2. The van der Waals surface area contributed by atoms with E-state index in [4.69, 9.17) is 4.42 Å². The van der Waals surface area contributed by atoms with E-state index < -0.39 is 10.0 Å². The highest BCUT2D eigenvalue weighted by molar-refractivity contribution is 7.89. The van der Waals surface area contributed by atoms with E-state index in [0.29, 0.717) is 19.4 Å². The van der Waals surface area contributed by atoms with E-state index in [-0.39, 0.29) is 10.9 Å². The maximum atomic E-state index is 12.2. The summed E-state index contributed by atoms with van der Waals surface area (Å²) in [5.41, 5.74) is 0. The van der Waals surface area contributed by atoms with Gasteiger partial charge >= 0.3 is 0 Å². The molecule has 17 heavy (non-hydrogen) atoms. The first-order valence-corrected chi connectivity index (χ1v) is 7.14. The first kappa shape index (κ1) is 12.3. The number of hydrogen-bond acceptors (Lipinski definition) is 4. The van der Waals surface area contributed by atoms with E-state index in [2.05, 4.69) is 0 Å². The monoisotopic (exact) mass is 257 g/mol. The molecule has 6 heteroatoms. The summed E-state index contributed by atoms with van der Waals surface area (Å²) in [5.74, 6) is 0.0402. The normalized spacial score (nSPS) is 18.8. The van der Waals surface area contributed by atoms with Gasteiger partial charge in [-0.3, -0.25) is 4.79 Å². The van der Waals surface area contributed by atoms with Gasteiger partial charge in [0.1, 0.15) is 0 Å². The number of sulfonamides is 1. The van der Waals surface area contributed by atoms with Crippen LogP contribution in [0.4, 0.5) is 0 Å². The van der Waals surface area contributed by atoms with Crippen molar-refractivity contribution in [2.24, 2.45) is 0 Å². The largest absolute Gasteiger partial charge is 0.440 e. The van der Waals surface area contributed by atoms with E-state index in [9.17, 15) is 13.2 Å². The maximum Gasteiger partial charge on any atom is 0.276 e. The predicted octanol–water partition coefficient (Wildman–Crippen LogP) is 1.66. The van der Waals surface area contributed by atoms with Gasteiger partial charge in [-0.05, 0) is 25.0 Å². The molecule has 94 valence electrons. The fourth-order valence-corrected chi connectivity index (χ4v) is 3.38. The highest BCUT2D eigenvalue weighted by Crippen LogP contribution is 2.21. The Hall–Kier alpha value is -1.14. The van der Waals surface area contributed by atoms with Crippen molar-refractivity contribution < 1.29 is 17.6 Å². The zero-order valence-corrected chi connectivity index (χ0v) is 10.3. The number of rotatable bonds is 3. The Balaban J connectivity index is 2.24.